The average Bonchev–Trinajstić information content (AvgIpc) is 3.03. The van der Waals surface area contributed by atoms with Crippen molar-refractivity contribution in [3.05, 3.63) is 40.0 Å². The van der Waals surface area contributed by atoms with E-state index in [2.05, 4.69) is 11.1 Å². The number of piperidine rings is 1. The van der Waals surface area contributed by atoms with E-state index in [1.54, 1.807) is 31.4 Å². The number of hydrogen-bond acceptors (Lipinski definition) is 5. The summed E-state index contributed by atoms with van der Waals surface area (Å²) in [6, 6.07) is 7.28. The molecular weight excluding hydrogens is 344 g/mol. The van der Waals surface area contributed by atoms with Crippen molar-refractivity contribution in [3.63, 3.8) is 0 Å². The summed E-state index contributed by atoms with van der Waals surface area (Å²) in [5.74, 6) is 0.236. The van der Waals surface area contributed by atoms with Crippen LogP contribution in [0.3, 0.4) is 0 Å². The highest BCUT2D eigenvalue weighted by atomic mass is 35.5. The van der Waals surface area contributed by atoms with Crippen molar-refractivity contribution in [2.45, 2.75) is 25.2 Å². The van der Waals surface area contributed by atoms with Crippen LogP contribution in [0.15, 0.2) is 24.4 Å². The zero-order valence-corrected chi connectivity index (χ0v) is 14.8. The molecule has 0 saturated carbocycles. The maximum absolute atomic E-state index is 12.1. The molecule has 1 aliphatic heterocycles. The molecule has 2 aromatic rings. The number of benzene rings is 1. The van der Waals surface area contributed by atoms with Gasteiger partial charge in [0.15, 0.2) is 0 Å². The van der Waals surface area contributed by atoms with Crippen LogP contribution >= 0.6 is 22.9 Å². The summed E-state index contributed by atoms with van der Waals surface area (Å²) in [5.41, 5.74) is 0.857. The molecule has 1 fully saturated rings. The van der Waals surface area contributed by atoms with Crippen LogP contribution in [0.5, 0.6) is 0 Å². The van der Waals surface area contributed by atoms with Crippen LogP contribution in [-0.2, 0) is 10.2 Å². The molecule has 2 heterocycles. The van der Waals surface area contributed by atoms with E-state index in [0.717, 1.165) is 15.4 Å². The Morgan fingerprint density at radius 2 is 2.17 bits per heavy atom. The van der Waals surface area contributed by atoms with E-state index in [-0.39, 0.29) is 5.91 Å². The van der Waals surface area contributed by atoms with Gasteiger partial charge in [-0.05, 0) is 23.8 Å². The number of amides is 1. The monoisotopic (exact) mass is 358 g/mol. The molecule has 3 rings (SSSR count). The van der Waals surface area contributed by atoms with Gasteiger partial charge in [-0.3, -0.25) is 10.2 Å². The van der Waals surface area contributed by atoms with Crippen molar-refractivity contribution in [1.29, 1.82) is 10.7 Å². The fraction of sp³-hybridized carbons (Fsp3) is 0.294. The van der Waals surface area contributed by atoms with Gasteiger partial charge in [0.2, 0.25) is 5.91 Å². The Morgan fingerprint density at radius 1 is 1.42 bits per heavy atom. The maximum atomic E-state index is 12.1. The molecular formula is C17H15ClN4OS. The summed E-state index contributed by atoms with van der Waals surface area (Å²) in [6.07, 6.45) is 2.55. The molecule has 1 aromatic carbocycles. The highest BCUT2D eigenvalue weighted by molar-refractivity contribution is 7.15. The first-order valence-electron chi connectivity index (χ1n) is 7.34. The van der Waals surface area contributed by atoms with Crippen molar-refractivity contribution in [2.75, 3.05) is 7.05 Å². The minimum absolute atomic E-state index is 0.0694. The molecule has 0 radical (unpaired) electrons. The quantitative estimate of drug-likeness (QED) is 0.885. The Balaban J connectivity index is 1.97. The maximum Gasteiger partial charge on any atom is 0.228 e. The highest BCUT2D eigenvalue weighted by Gasteiger charge is 2.40. The number of thiazole rings is 1. The SMILES string of the molecule is CN1C(=N)C[C@](C)(c2ncc(-c3cc(Cl)cc(C#N)c3)s2)CC1=O. The first-order chi connectivity index (χ1) is 11.3. The minimum Gasteiger partial charge on any atom is -0.304 e. The number of nitriles is 1. The Hall–Kier alpha value is -2.23. The van der Waals surface area contributed by atoms with E-state index >= 15 is 0 Å². The second-order valence-electron chi connectivity index (χ2n) is 6.18. The highest BCUT2D eigenvalue weighted by Crippen LogP contribution is 2.40. The molecule has 0 aliphatic carbocycles. The number of carbonyl (C=O) groups is 1. The molecule has 1 aromatic heterocycles. The van der Waals surface area contributed by atoms with Crippen molar-refractivity contribution in [3.8, 4) is 16.5 Å². The average molecular weight is 359 g/mol. The van der Waals surface area contributed by atoms with Crippen LogP contribution < -0.4 is 0 Å². The van der Waals surface area contributed by atoms with Crippen molar-refractivity contribution >= 4 is 34.7 Å². The van der Waals surface area contributed by atoms with Crippen LogP contribution in [0.25, 0.3) is 10.4 Å². The van der Waals surface area contributed by atoms with Gasteiger partial charge in [-0.1, -0.05) is 18.5 Å². The van der Waals surface area contributed by atoms with Gasteiger partial charge in [-0.25, -0.2) is 4.98 Å². The summed E-state index contributed by atoms with van der Waals surface area (Å²) in [4.78, 5) is 18.9. The lowest BCUT2D eigenvalue weighted by Gasteiger charge is -2.36. The van der Waals surface area contributed by atoms with E-state index in [0.29, 0.717) is 29.3 Å². The number of carbonyl (C=O) groups excluding carboxylic acids is 1. The molecule has 1 saturated heterocycles. The third-order valence-corrected chi connectivity index (χ3v) is 5.78. The van der Waals surface area contributed by atoms with Crippen LogP contribution in [0.2, 0.25) is 5.02 Å². The third-order valence-electron chi connectivity index (χ3n) is 4.21. The van der Waals surface area contributed by atoms with Crippen molar-refractivity contribution in [2.24, 2.45) is 0 Å². The lowest BCUT2D eigenvalue weighted by molar-refractivity contribution is -0.128. The molecule has 1 amide bonds. The zero-order chi connectivity index (χ0) is 17.5. The standard InChI is InChI=1S/C17H15ClN4OS/c1-17(6-14(20)22(2)15(23)7-17)16-21-9-13(24-16)11-3-10(8-19)4-12(18)5-11/h3-5,9,20H,6-7H2,1-2H3/t17-/m0/s1. The van der Waals surface area contributed by atoms with Crippen LogP contribution in [-0.4, -0.2) is 28.7 Å². The molecule has 1 atom stereocenters. The van der Waals surface area contributed by atoms with Gasteiger partial charge in [-0.15, -0.1) is 11.3 Å². The summed E-state index contributed by atoms with van der Waals surface area (Å²) in [5, 5.41) is 18.4. The predicted octanol–water partition coefficient (Wildman–Crippen LogP) is 3.82. The fourth-order valence-electron chi connectivity index (χ4n) is 2.79. The first-order valence-corrected chi connectivity index (χ1v) is 8.53. The first kappa shape index (κ1) is 16.6. The number of hydrogen-bond donors (Lipinski definition) is 1. The number of nitrogens with one attached hydrogen (secondary N) is 1. The van der Waals surface area contributed by atoms with E-state index in [1.807, 2.05) is 6.92 Å². The van der Waals surface area contributed by atoms with Gasteiger partial charge < -0.3 is 4.90 Å². The molecule has 1 aliphatic rings. The van der Waals surface area contributed by atoms with Gasteiger partial charge in [0, 0.05) is 36.5 Å². The molecule has 24 heavy (non-hydrogen) atoms. The molecule has 0 spiro atoms. The second-order valence-corrected chi connectivity index (χ2v) is 7.65. The Morgan fingerprint density at radius 3 is 2.83 bits per heavy atom. The van der Waals surface area contributed by atoms with Gasteiger partial charge >= 0.3 is 0 Å². The normalized spacial score (nSPS) is 21.0. The molecule has 7 heteroatoms. The summed E-state index contributed by atoms with van der Waals surface area (Å²) >= 11 is 7.55. The zero-order valence-electron chi connectivity index (χ0n) is 13.3. The van der Waals surface area contributed by atoms with Gasteiger partial charge in [0.05, 0.1) is 21.5 Å². The number of rotatable bonds is 2. The number of nitrogens with zero attached hydrogens (tertiary/aromatic N) is 3. The number of halogens is 1. The molecule has 1 N–H and O–H groups in total. The summed E-state index contributed by atoms with van der Waals surface area (Å²) in [7, 11) is 1.63. The third kappa shape index (κ3) is 2.93. The van der Waals surface area contributed by atoms with Crippen molar-refractivity contribution in [1.82, 2.24) is 9.88 Å². The van der Waals surface area contributed by atoms with Crippen LogP contribution in [0.1, 0.15) is 30.3 Å². The summed E-state index contributed by atoms with van der Waals surface area (Å²) in [6.45, 7) is 1.97. The fourth-order valence-corrected chi connectivity index (χ4v) is 4.07. The predicted molar refractivity (Wildman–Crippen MR) is 94.4 cm³/mol. The Labute approximate surface area is 149 Å². The molecule has 0 unspecified atom stereocenters. The summed E-state index contributed by atoms with van der Waals surface area (Å²) < 4.78 is 0. The Kier molecular flexibility index (Phi) is 4.16. The molecule has 122 valence electrons. The number of likely N-dealkylation sites (tertiary alicyclic amines) is 1. The van der Waals surface area contributed by atoms with E-state index < -0.39 is 5.41 Å². The topological polar surface area (TPSA) is 80.8 Å². The number of amidine groups is 1. The van der Waals surface area contributed by atoms with E-state index in [4.69, 9.17) is 22.3 Å². The van der Waals surface area contributed by atoms with Crippen LogP contribution in [0.4, 0.5) is 0 Å². The number of aromatic nitrogens is 1. The van der Waals surface area contributed by atoms with Gasteiger partial charge in [0.1, 0.15) is 5.84 Å². The lowest BCUT2D eigenvalue weighted by Crippen LogP contribution is -2.46. The second kappa shape index (κ2) is 6.00. The van der Waals surface area contributed by atoms with Crippen LogP contribution in [0, 0.1) is 16.7 Å². The Bertz CT molecular complexity index is 865. The van der Waals surface area contributed by atoms with Gasteiger partial charge in [0.25, 0.3) is 0 Å². The lowest BCUT2D eigenvalue weighted by atomic mass is 9.80. The molecule has 5 nitrogen and oxygen atoms in total. The van der Waals surface area contributed by atoms with E-state index in [9.17, 15) is 4.79 Å². The largest absolute Gasteiger partial charge is 0.304 e. The van der Waals surface area contributed by atoms with Gasteiger partial charge in [-0.2, -0.15) is 5.26 Å². The van der Waals surface area contributed by atoms with E-state index in [1.165, 1.54) is 16.2 Å². The smallest absolute Gasteiger partial charge is 0.228 e. The minimum atomic E-state index is -0.472. The molecule has 0 bridgehead atoms. The van der Waals surface area contributed by atoms with Crippen molar-refractivity contribution < 1.29 is 4.79 Å².